The molecule has 4 rings (SSSR count). The minimum absolute atomic E-state index is 0.0429. The predicted octanol–water partition coefficient (Wildman–Crippen LogP) is 5.84. The van der Waals surface area contributed by atoms with Gasteiger partial charge < -0.3 is 24.8 Å². The number of aryl methyl sites for hydroxylation is 1. The molecule has 0 fully saturated rings. The largest absolute Gasteiger partial charge is 0.508 e. The minimum atomic E-state index is -0.374. The normalized spacial score (nSPS) is 13.2. The number of aromatic hydroxyl groups is 1. The Labute approximate surface area is 235 Å². The summed E-state index contributed by atoms with van der Waals surface area (Å²) in [5.74, 6) is 0.837. The molecule has 0 spiro atoms. The number of nitrogens with one attached hydrogen (secondary N) is 1. The lowest BCUT2D eigenvalue weighted by molar-refractivity contribution is -0.123. The van der Waals surface area contributed by atoms with E-state index in [2.05, 4.69) is 5.32 Å². The number of phenols is 1. The van der Waals surface area contributed by atoms with Gasteiger partial charge in [0.05, 0.1) is 6.61 Å². The second kappa shape index (κ2) is 13.8. The molecule has 3 aromatic carbocycles. The maximum atomic E-state index is 14.4. The van der Waals surface area contributed by atoms with Crippen LogP contribution in [0.4, 0.5) is 4.39 Å². The first-order chi connectivity index (χ1) is 19.4. The average molecular weight is 545 g/mol. The van der Waals surface area contributed by atoms with Gasteiger partial charge in [0.2, 0.25) is 5.91 Å². The number of ether oxygens (including phenoxy) is 2. The van der Waals surface area contributed by atoms with Crippen molar-refractivity contribution in [1.82, 2.24) is 10.2 Å². The first kappa shape index (κ1) is 28.9. The van der Waals surface area contributed by atoms with Gasteiger partial charge in [-0.15, -0.1) is 0 Å². The standard InChI is InChI=1S/C33H37FN2O4/c1-4-39-31-22-25(12-17-30(31)34)28-8-5-7-24-21-26(37)13-16-29(24)33(28)23-10-14-27(15-11-23)40-20-19-35-18-6-9-32(38)36(2)3/h6,9-17,21-22,35,37H,4-5,7-8,18-20H2,1-3H3/b9-6+. The van der Waals surface area contributed by atoms with E-state index in [4.69, 9.17) is 9.47 Å². The molecule has 40 heavy (non-hydrogen) atoms. The number of amides is 1. The van der Waals surface area contributed by atoms with Crippen LogP contribution in [0.3, 0.4) is 0 Å². The molecule has 6 nitrogen and oxygen atoms in total. The maximum Gasteiger partial charge on any atom is 0.245 e. The van der Waals surface area contributed by atoms with Gasteiger partial charge in [0, 0.05) is 33.3 Å². The van der Waals surface area contributed by atoms with Gasteiger partial charge in [-0.25, -0.2) is 4.39 Å². The van der Waals surface area contributed by atoms with Gasteiger partial charge in [-0.2, -0.15) is 0 Å². The summed E-state index contributed by atoms with van der Waals surface area (Å²) < 4.78 is 25.9. The molecule has 3 aromatic rings. The molecule has 0 unspecified atom stereocenters. The Morgan fingerprint density at radius 3 is 2.55 bits per heavy atom. The number of nitrogens with zero attached hydrogens (tertiary/aromatic N) is 1. The SMILES string of the molecule is CCOc1cc(C2=C(c3ccc(OCCNC/C=C/C(=O)N(C)C)cc3)c3ccc(O)cc3CCC2)ccc1F. The molecule has 2 N–H and O–H groups in total. The number of phenolic OH excluding ortho intramolecular Hbond substituents is 1. The van der Waals surface area contributed by atoms with E-state index < -0.39 is 0 Å². The number of carbonyl (C=O) groups is 1. The number of benzene rings is 3. The van der Waals surface area contributed by atoms with Crippen molar-refractivity contribution >= 4 is 17.1 Å². The smallest absolute Gasteiger partial charge is 0.245 e. The molecule has 0 aromatic heterocycles. The zero-order valence-corrected chi connectivity index (χ0v) is 23.4. The van der Waals surface area contributed by atoms with Gasteiger partial charge in [0.1, 0.15) is 18.1 Å². The number of halogens is 1. The van der Waals surface area contributed by atoms with Crippen molar-refractivity contribution in [2.24, 2.45) is 0 Å². The van der Waals surface area contributed by atoms with Crippen molar-refractivity contribution in [3.8, 4) is 17.2 Å². The summed E-state index contributed by atoms with van der Waals surface area (Å²) >= 11 is 0. The van der Waals surface area contributed by atoms with Gasteiger partial charge in [-0.3, -0.25) is 4.79 Å². The molecule has 210 valence electrons. The molecule has 1 aliphatic carbocycles. The van der Waals surface area contributed by atoms with Crippen LogP contribution < -0.4 is 14.8 Å². The molecule has 1 aliphatic rings. The Morgan fingerprint density at radius 1 is 1.02 bits per heavy atom. The summed E-state index contributed by atoms with van der Waals surface area (Å²) in [6.45, 7) is 3.94. The Hall–Kier alpha value is -4.10. The van der Waals surface area contributed by atoms with E-state index in [1.165, 1.54) is 11.0 Å². The van der Waals surface area contributed by atoms with Crippen molar-refractivity contribution in [2.75, 3.05) is 40.4 Å². The third-order valence-electron chi connectivity index (χ3n) is 6.77. The molecule has 0 atom stereocenters. The van der Waals surface area contributed by atoms with Crippen LogP contribution in [0.2, 0.25) is 0 Å². The predicted molar refractivity (Wildman–Crippen MR) is 157 cm³/mol. The molecule has 0 radical (unpaired) electrons. The number of hydrogen-bond acceptors (Lipinski definition) is 5. The summed E-state index contributed by atoms with van der Waals surface area (Å²) in [5, 5.41) is 13.4. The maximum absolute atomic E-state index is 14.4. The molecule has 0 saturated heterocycles. The fourth-order valence-corrected chi connectivity index (χ4v) is 4.80. The summed E-state index contributed by atoms with van der Waals surface area (Å²) in [6.07, 6.45) is 5.89. The summed E-state index contributed by atoms with van der Waals surface area (Å²) in [6, 6.07) is 18.6. The zero-order valence-electron chi connectivity index (χ0n) is 23.4. The molecule has 7 heteroatoms. The molecular weight excluding hydrogens is 507 g/mol. The van der Waals surface area contributed by atoms with E-state index >= 15 is 0 Å². The van der Waals surface area contributed by atoms with Crippen molar-refractivity contribution in [3.63, 3.8) is 0 Å². The molecule has 0 heterocycles. The number of allylic oxidation sites excluding steroid dienone is 1. The van der Waals surface area contributed by atoms with E-state index in [1.807, 2.05) is 49.4 Å². The molecule has 0 saturated carbocycles. The highest BCUT2D eigenvalue weighted by molar-refractivity contribution is 6.00. The van der Waals surface area contributed by atoms with E-state index in [-0.39, 0.29) is 23.2 Å². The van der Waals surface area contributed by atoms with Crippen molar-refractivity contribution in [2.45, 2.75) is 26.2 Å². The van der Waals surface area contributed by atoms with Crippen molar-refractivity contribution in [3.05, 3.63) is 101 Å². The Balaban J connectivity index is 1.56. The highest BCUT2D eigenvalue weighted by atomic mass is 19.1. The number of likely N-dealkylation sites (N-methyl/N-ethyl adjacent to an activating group) is 1. The third kappa shape index (κ3) is 7.30. The van der Waals surface area contributed by atoms with E-state index in [0.717, 1.165) is 58.4 Å². The second-order valence-electron chi connectivity index (χ2n) is 9.84. The van der Waals surface area contributed by atoms with Crippen molar-refractivity contribution in [1.29, 1.82) is 0 Å². The fraction of sp³-hybridized carbons (Fsp3) is 0.303. The minimum Gasteiger partial charge on any atom is -0.508 e. The average Bonchev–Trinajstić information content (AvgIpc) is 3.13. The first-order valence-electron chi connectivity index (χ1n) is 13.7. The lowest BCUT2D eigenvalue weighted by Gasteiger charge is -2.18. The Morgan fingerprint density at radius 2 is 1.80 bits per heavy atom. The van der Waals surface area contributed by atoms with E-state index in [0.29, 0.717) is 26.3 Å². The van der Waals surface area contributed by atoms with Crippen LogP contribution in [-0.2, 0) is 11.2 Å². The van der Waals surface area contributed by atoms with Crippen molar-refractivity contribution < 1.29 is 23.8 Å². The number of hydrogen-bond donors (Lipinski definition) is 2. The van der Waals surface area contributed by atoms with Crippen LogP contribution in [0.15, 0.2) is 72.8 Å². The summed E-state index contributed by atoms with van der Waals surface area (Å²) in [4.78, 5) is 13.1. The topological polar surface area (TPSA) is 71.0 Å². The number of rotatable bonds is 11. The van der Waals surface area contributed by atoms with Gasteiger partial charge in [-0.1, -0.05) is 30.3 Å². The quantitative estimate of drug-likeness (QED) is 0.235. The molecule has 1 amide bonds. The third-order valence-corrected chi connectivity index (χ3v) is 6.77. The van der Waals surface area contributed by atoms with Gasteiger partial charge >= 0.3 is 0 Å². The Bertz CT molecular complexity index is 1380. The number of fused-ring (bicyclic) bond motifs is 1. The summed E-state index contributed by atoms with van der Waals surface area (Å²) in [5.41, 5.74) is 6.27. The lowest BCUT2D eigenvalue weighted by atomic mass is 9.87. The van der Waals surface area contributed by atoms with Crippen LogP contribution in [0, 0.1) is 5.82 Å². The van der Waals surface area contributed by atoms with Crippen LogP contribution in [0.25, 0.3) is 11.1 Å². The number of carbonyl (C=O) groups excluding carboxylic acids is 1. The molecular formula is C33H37FN2O4. The zero-order chi connectivity index (χ0) is 28.5. The monoisotopic (exact) mass is 544 g/mol. The van der Waals surface area contributed by atoms with Crippen LogP contribution in [0.5, 0.6) is 17.2 Å². The molecule has 0 aliphatic heterocycles. The second-order valence-corrected chi connectivity index (χ2v) is 9.84. The van der Waals surface area contributed by atoms with Gasteiger partial charge in [-0.05, 0) is 96.0 Å². The van der Waals surface area contributed by atoms with Crippen LogP contribution in [-0.4, -0.2) is 56.3 Å². The van der Waals surface area contributed by atoms with E-state index in [9.17, 15) is 14.3 Å². The highest BCUT2D eigenvalue weighted by Crippen LogP contribution is 2.41. The molecule has 0 bridgehead atoms. The van der Waals surface area contributed by atoms with Crippen LogP contribution in [0.1, 0.15) is 42.0 Å². The van der Waals surface area contributed by atoms with Gasteiger partial charge in [0.15, 0.2) is 11.6 Å². The van der Waals surface area contributed by atoms with Gasteiger partial charge in [0.25, 0.3) is 0 Å². The van der Waals surface area contributed by atoms with Crippen LogP contribution >= 0.6 is 0 Å². The van der Waals surface area contributed by atoms with E-state index in [1.54, 1.807) is 38.4 Å². The fourth-order valence-electron chi connectivity index (χ4n) is 4.80. The summed E-state index contributed by atoms with van der Waals surface area (Å²) in [7, 11) is 3.44. The lowest BCUT2D eigenvalue weighted by Crippen LogP contribution is -2.22. The Kier molecular flexibility index (Phi) is 9.97. The highest BCUT2D eigenvalue weighted by Gasteiger charge is 2.21. The first-order valence-corrected chi connectivity index (χ1v) is 13.7.